The molecule has 1 fully saturated rings. The zero-order valence-electron chi connectivity index (χ0n) is 18.3. The smallest absolute Gasteiger partial charge is 0.244 e. The lowest BCUT2D eigenvalue weighted by Gasteiger charge is -2.29. The number of morpholine rings is 1. The summed E-state index contributed by atoms with van der Waals surface area (Å²) in [5.41, 5.74) is 2.88. The first-order valence-corrected chi connectivity index (χ1v) is 13.1. The highest BCUT2D eigenvalue weighted by Gasteiger charge is 2.27. The molecule has 4 rings (SSSR count). The predicted molar refractivity (Wildman–Crippen MR) is 127 cm³/mol. The van der Waals surface area contributed by atoms with Crippen molar-refractivity contribution in [3.8, 4) is 0 Å². The highest BCUT2D eigenvalue weighted by Crippen LogP contribution is 2.30. The van der Waals surface area contributed by atoms with Gasteiger partial charge in [0.1, 0.15) is 5.75 Å². The normalized spacial score (nSPS) is 15.2. The van der Waals surface area contributed by atoms with Crippen LogP contribution in [0.15, 0.2) is 47.4 Å². The molecule has 0 bridgehead atoms. The van der Waals surface area contributed by atoms with Crippen molar-refractivity contribution in [3.63, 3.8) is 0 Å². The van der Waals surface area contributed by atoms with Crippen LogP contribution in [-0.4, -0.2) is 69.4 Å². The molecule has 0 unspecified atom stereocenters. The van der Waals surface area contributed by atoms with Crippen molar-refractivity contribution in [3.05, 3.63) is 53.6 Å². The van der Waals surface area contributed by atoms with Gasteiger partial charge < -0.3 is 4.74 Å². The summed E-state index contributed by atoms with van der Waals surface area (Å²) in [5, 5.41) is 0.531. The van der Waals surface area contributed by atoms with Gasteiger partial charge in [0.05, 0.1) is 28.3 Å². The van der Waals surface area contributed by atoms with Crippen LogP contribution >= 0.6 is 11.3 Å². The Kier molecular flexibility index (Phi) is 6.90. The number of aryl methyl sites for hydroxylation is 2. The molecule has 1 aromatic heterocycles. The maximum absolute atomic E-state index is 13.3. The second-order valence-corrected chi connectivity index (χ2v) is 11.0. The number of fused-ring (bicyclic) bond motifs is 1. The van der Waals surface area contributed by atoms with Gasteiger partial charge in [-0.05, 0) is 43.7 Å². The van der Waals surface area contributed by atoms with E-state index in [1.54, 1.807) is 24.3 Å². The number of rotatable bonds is 7. The fraction of sp³-hybridized carbons (Fsp3) is 0.391. The van der Waals surface area contributed by atoms with Gasteiger partial charge in [-0.25, -0.2) is 13.4 Å². The molecule has 2 heterocycles. The Bertz CT molecular complexity index is 1200. The minimum absolute atomic E-state index is 0.157. The van der Waals surface area contributed by atoms with E-state index >= 15 is 0 Å². The number of nitrogens with zero attached hydrogens (tertiary/aromatic N) is 3. The highest BCUT2D eigenvalue weighted by molar-refractivity contribution is 7.92. The maximum atomic E-state index is 13.3. The Hall–Kier alpha value is -2.33. The predicted octanol–water partition coefficient (Wildman–Crippen LogP) is 3.05. The van der Waals surface area contributed by atoms with Crippen molar-refractivity contribution in [2.24, 2.45) is 0 Å². The molecule has 170 valence electrons. The molecule has 0 saturated carbocycles. The van der Waals surface area contributed by atoms with Crippen molar-refractivity contribution in [1.29, 1.82) is 0 Å². The highest BCUT2D eigenvalue weighted by atomic mass is 32.2. The van der Waals surface area contributed by atoms with E-state index in [-0.39, 0.29) is 4.90 Å². The molecule has 0 radical (unpaired) electrons. The summed E-state index contributed by atoms with van der Waals surface area (Å²) < 4.78 is 32.2. The molecule has 32 heavy (non-hydrogen) atoms. The second kappa shape index (κ2) is 9.66. The standard InChI is InChI=1S/C23H27N3O4S2/c1-17-3-6-19(7-4-17)32(28,29)16-22(27)26(10-9-25-11-13-30-14-12-25)23-24-20-8-5-18(2)15-21(20)31-23/h3-8,15H,9-14,16H2,1-2H3. The van der Waals surface area contributed by atoms with Crippen LogP contribution in [-0.2, 0) is 19.4 Å². The van der Waals surface area contributed by atoms with Crippen LogP contribution < -0.4 is 4.90 Å². The van der Waals surface area contributed by atoms with E-state index in [1.165, 1.54) is 16.2 Å². The number of hydrogen-bond acceptors (Lipinski definition) is 7. The largest absolute Gasteiger partial charge is 0.379 e. The van der Waals surface area contributed by atoms with E-state index in [4.69, 9.17) is 4.74 Å². The number of amides is 1. The zero-order valence-corrected chi connectivity index (χ0v) is 19.9. The van der Waals surface area contributed by atoms with Crippen LogP contribution in [0.5, 0.6) is 0 Å². The molecule has 1 saturated heterocycles. The fourth-order valence-electron chi connectivity index (χ4n) is 3.60. The number of thiazole rings is 1. The Morgan fingerprint density at radius 2 is 1.78 bits per heavy atom. The van der Waals surface area contributed by atoms with E-state index in [2.05, 4.69) is 9.88 Å². The van der Waals surface area contributed by atoms with Gasteiger partial charge >= 0.3 is 0 Å². The van der Waals surface area contributed by atoms with Gasteiger partial charge in [-0.1, -0.05) is 35.1 Å². The number of benzene rings is 2. The number of carbonyl (C=O) groups excluding carboxylic acids is 1. The first-order valence-electron chi connectivity index (χ1n) is 10.6. The van der Waals surface area contributed by atoms with E-state index in [0.29, 0.717) is 31.4 Å². The van der Waals surface area contributed by atoms with Crippen molar-refractivity contribution >= 4 is 42.4 Å². The van der Waals surface area contributed by atoms with Gasteiger partial charge in [-0.15, -0.1) is 0 Å². The summed E-state index contributed by atoms with van der Waals surface area (Å²) in [6, 6.07) is 12.5. The summed E-state index contributed by atoms with van der Waals surface area (Å²) in [4.78, 5) is 21.8. The summed E-state index contributed by atoms with van der Waals surface area (Å²) in [6.45, 7) is 7.82. The lowest BCUT2D eigenvalue weighted by Crippen LogP contribution is -2.44. The zero-order chi connectivity index (χ0) is 22.7. The third-order valence-corrected chi connectivity index (χ3v) is 8.16. The first-order chi connectivity index (χ1) is 15.3. The van der Waals surface area contributed by atoms with Crippen LogP contribution in [0.2, 0.25) is 0 Å². The van der Waals surface area contributed by atoms with Gasteiger partial charge in [-0.2, -0.15) is 0 Å². The molecule has 9 heteroatoms. The summed E-state index contributed by atoms with van der Waals surface area (Å²) in [7, 11) is -3.76. The number of aromatic nitrogens is 1. The SMILES string of the molecule is Cc1ccc(S(=O)(=O)CC(=O)N(CCN2CCOCC2)c2nc3ccc(C)cc3s2)cc1. The van der Waals surface area contributed by atoms with E-state index < -0.39 is 21.5 Å². The monoisotopic (exact) mass is 473 g/mol. The van der Waals surface area contributed by atoms with Crippen LogP contribution in [0.3, 0.4) is 0 Å². The number of carbonyl (C=O) groups is 1. The molecule has 0 N–H and O–H groups in total. The van der Waals surface area contributed by atoms with Gasteiger partial charge in [0.25, 0.3) is 0 Å². The van der Waals surface area contributed by atoms with Crippen LogP contribution in [0.4, 0.5) is 5.13 Å². The van der Waals surface area contributed by atoms with Gasteiger partial charge in [0.15, 0.2) is 15.0 Å². The van der Waals surface area contributed by atoms with Crippen LogP contribution in [0, 0.1) is 13.8 Å². The van der Waals surface area contributed by atoms with Crippen molar-refractivity contribution < 1.29 is 17.9 Å². The number of hydrogen-bond donors (Lipinski definition) is 0. The van der Waals surface area contributed by atoms with Crippen molar-refractivity contribution in [2.45, 2.75) is 18.7 Å². The van der Waals surface area contributed by atoms with Crippen LogP contribution in [0.25, 0.3) is 10.2 Å². The molecule has 1 aliphatic heterocycles. The van der Waals surface area contributed by atoms with Crippen LogP contribution in [0.1, 0.15) is 11.1 Å². The minimum atomic E-state index is -3.76. The lowest BCUT2D eigenvalue weighted by atomic mass is 10.2. The van der Waals surface area contributed by atoms with Crippen molar-refractivity contribution in [1.82, 2.24) is 9.88 Å². The number of sulfone groups is 1. The van der Waals surface area contributed by atoms with E-state index in [9.17, 15) is 13.2 Å². The third-order valence-electron chi connectivity index (χ3n) is 5.50. The lowest BCUT2D eigenvalue weighted by molar-refractivity contribution is -0.116. The second-order valence-electron chi connectivity index (χ2n) is 8.04. The van der Waals surface area contributed by atoms with Gasteiger partial charge in [0.2, 0.25) is 5.91 Å². The molecule has 0 spiro atoms. The Morgan fingerprint density at radius 1 is 1.09 bits per heavy atom. The molecule has 1 aliphatic rings. The first kappa shape index (κ1) is 22.8. The summed E-state index contributed by atoms with van der Waals surface area (Å²) in [6.07, 6.45) is 0. The summed E-state index contributed by atoms with van der Waals surface area (Å²) in [5.74, 6) is -1.05. The topological polar surface area (TPSA) is 79.8 Å². The average Bonchev–Trinajstić information content (AvgIpc) is 3.17. The van der Waals surface area contributed by atoms with Gasteiger partial charge in [-0.3, -0.25) is 14.6 Å². The van der Waals surface area contributed by atoms with E-state index in [1.807, 2.05) is 32.0 Å². The molecule has 3 aromatic rings. The molecule has 0 atom stereocenters. The molecule has 2 aromatic carbocycles. The molecular weight excluding hydrogens is 446 g/mol. The Balaban J connectivity index is 1.59. The molecular formula is C23H27N3O4S2. The molecule has 0 aliphatic carbocycles. The van der Waals surface area contributed by atoms with Gasteiger partial charge in [0, 0.05) is 26.2 Å². The number of anilines is 1. The fourth-order valence-corrected chi connectivity index (χ4v) is 5.90. The minimum Gasteiger partial charge on any atom is -0.379 e. The van der Waals surface area contributed by atoms with Crippen molar-refractivity contribution in [2.75, 3.05) is 50.0 Å². The third kappa shape index (κ3) is 5.35. The average molecular weight is 474 g/mol. The number of ether oxygens (including phenoxy) is 1. The summed E-state index contributed by atoms with van der Waals surface area (Å²) >= 11 is 1.41. The molecule has 1 amide bonds. The Morgan fingerprint density at radius 3 is 2.50 bits per heavy atom. The Labute approximate surface area is 192 Å². The quantitative estimate of drug-likeness (QED) is 0.525. The molecule has 7 nitrogen and oxygen atoms in total. The van der Waals surface area contributed by atoms with E-state index in [0.717, 1.165) is 34.4 Å². The maximum Gasteiger partial charge on any atom is 0.244 e.